The molecule has 3 aliphatic rings. The van der Waals surface area contributed by atoms with Crippen LogP contribution < -0.4 is 0 Å². The molecule has 5 rings (SSSR count). The Morgan fingerprint density at radius 1 is 0.938 bits per heavy atom. The second-order valence-electron chi connectivity index (χ2n) is 9.27. The number of hydrogen-bond donors (Lipinski definition) is 0. The number of carbonyl (C=O) groups is 2. The van der Waals surface area contributed by atoms with Gasteiger partial charge in [0.1, 0.15) is 5.82 Å². The maximum Gasteiger partial charge on any atom is 0.253 e. The molecule has 5 nitrogen and oxygen atoms in total. The second-order valence-corrected chi connectivity index (χ2v) is 9.27. The molecule has 0 N–H and O–H groups in total. The normalized spacial score (nSPS) is 22.1. The van der Waals surface area contributed by atoms with Crippen LogP contribution in [-0.4, -0.2) is 61.0 Å². The summed E-state index contributed by atoms with van der Waals surface area (Å²) >= 11 is 0. The average molecular weight is 437 g/mol. The van der Waals surface area contributed by atoms with Gasteiger partial charge in [0.25, 0.3) is 5.91 Å². The summed E-state index contributed by atoms with van der Waals surface area (Å²) in [6.07, 6.45) is 3.27. The van der Waals surface area contributed by atoms with E-state index in [0.717, 1.165) is 19.3 Å². The molecule has 0 radical (unpaired) electrons. The van der Waals surface area contributed by atoms with Crippen LogP contribution in [0.3, 0.4) is 0 Å². The summed E-state index contributed by atoms with van der Waals surface area (Å²) in [4.78, 5) is 29.6. The van der Waals surface area contributed by atoms with E-state index >= 15 is 0 Å². The van der Waals surface area contributed by atoms with Crippen LogP contribution in [-0.2, 0) is 14.9 Å². The first-order valence-corrected chi connectivity index (χ1v) is 11.6. The van der Waals surface area contributed by atoms with E-state index in [2.05, 4.69) is 24.3 Å². The molecule has 1 spiro atoms. The first-order chi connectivity index (χ1) is 15.6. The van der Waals surface area contributed by atoms with Gasteiger partial charge < -0.3 is 14.5 Å². The number of likely N-dealkylation sites (tertiary alicyclic amines) is 1. The van der Waals surface area contributed by atoms with Gasteiger partial charge in [-0.15, -0.1) is 0 Å². The summed E-state index contributed by atoms with van der Waals surface area (Å²) < 4.78 is 18.6. The van der Waals surface area contributed by atoms with Gasteiger partial charge in [-0.05, 0) is 66.0 Å². The molecule has 2 amide bonds. The van der Waals surface area contributed by atoms with Crippen LogP contribution >= 0.6 is 0 Å². The lowest BCUT2D eigenvalue weighted by molar-refractivity contribution is -0.135. The number of halogens is 1. The van der Waals surface area contributed by atoms with Crippen molar-refractivity contribution in [3.05, 3.63) is 71.0 Å². The monoisotopic (exact) mass is 436 g/mol. The first-order valence-electron chi connectivity index (χ1n) is 11.6. The van der Waals surface area contributed by atoms with E-state index in [1.54, 1.807) is 12.1 Å². The average Bonchev–Trinajstić information content (AvgIpc) is 3.13. The lowest BCUT2D eigenvalue weighted by atomic mass is 9.73. The van der Waals surface area contributed by atoms with Crippen LogP contribution in [0.25, 0.3) is 0 Å². The maximum absolute atomic E-state index is 13.2. The van der Waals surface area contributed by atoms with E-state index in [0.29, 0.717) is 51.4 Å². The Morgan fingerprint density at radius 3 is 2.34 bits per heavy atom. The third kappa shape index (κ3) is 3.92. The van der Waals surface area contributed by atoms with Crippen molar-refractivity contribution in [1.82, 2.24) is 9.80 Å². The van der Waals surface area contributed by atoms with Crippen molar-refractivity contribution in [2.75, 3.05) is 39.4 Å². The molecular formula is C26H29FN2O3. The molecule has 32 heavy (non-hydrogen) atoms. The van der Waals surface area contributed by atoms with Gasteiger partial charge in [-0.1, -0.05) is 24.3 Å². The van der Waals surface area contributed by atoms with Gasteiger partial charge in [-0.2, -0.15) is 0 Å². The molecule has 2 heterocycles. The van der Waals surface area contributed by atoms with Crippen LogP contribution in [0.2, 0.25) is 0 Å². The third-order valence-corrected chi connectivity index (χ3v) is 7.49. The number of ether oxygens (including phenoxy) is 1. The van der Waals surface area contributed by atoms with Gasteiger partial charge >= 0.3 is 0 Å². The van der Waals surface area contributed by atoms with Crippen molar-refractivity contribution in [3.8, 4) is 0 Å². The van der Waals surface area contributed by atoms with E-state index < -0.39 is 0 Å². The number of morpholine rings is 1. The lowest BCUT2D eigenvalue weighted by Gasteiger charge is -2.40. The SMILES string of the molecule is O=C(C[C@@H]1CC2(CCN(C(=O)c3ccc(F)cc3)CC2)c2ccccc21)N1CCOCC1. The number of benzene rings is 2. The Hall–Kier alpha value is -2.73. The molecule has 0 saturated carbocycles. The minimum absolute atomic E-state index is 0.0200. The van der Waals surface area contributed by atoms with Gasteiger partial charge in [0.05, 0.1) is 13.2 Å². The van der Waals surface area contributed by atoms with Gasteiger partial charge in [-0.25, -0.2) is 4.39 Å². The highest BCUT2D eigenvalue weighted by molar-refractivity contribution is 5.94. The fourth-order valence-electron chi connectivity index (χ4n) is 5.75. The van der Waals surface area contributed by atoms with Crippen molar-refractivity contribution < 1.29 is 18.7 Å². The van der Waals surface area contributed by atoms with Crippen LogP contribution in [0.1, 0.15) is 53.1 Å². The lowest BCUT2D eigenvalue weighted by Crippen LogP contribution is -2.44. The van der Waals surface area contributed by atoms with Crippen LogP contribution in [0.5, 0.6) is 0 Å². The molecule has 1 aliphatic carbocycles. The molecule has 1 atom stereocenters. The molecule has 0 bridgehead atoms. The molecule has 0 aromatic heterocycles. The van der Waals surface area contributed by atoms with E-state index in [-0.39, 0.29) is 29.0 Å². The standard InChI is InChI=1S/C26H29FN2O3/c27-21-7-5-19(6-8-21)25(31)29-11-9-26(10-12-29)18-20(22-3-1-2-4-23(22)26)17-24(30)28-13-15-32-16-14-28/h1-8,20H,9-18H2/t20-/m1/s1. The molecule has 168 valence electrons. The largest absolute Gasteiger partial charge is 0.378 e. The number of fused-ring (bicyclic) bond motifs is 2. The molecule has 0 unspecified atom stereocenters. The van der Waals surface area contributed by atoms with Crippen molar-refractivity contribution >= 4 is 11.8 Å². The fraction of sp³-hybridized carbons (Fsp3) is 0.462. The van der Waals surface area contributed by atoms with Crippen LogP contribution in [0, 0.1) is 5.82 Å². The molecule has 2 aromatic rings. The number of piperidine rings is 1. The highest BCUT2D eigenvalue weighted by Gasteiger charge is 2.46. The van der Waals surface area contributed by atoms with E-state index in [1.165, 1.54) is 23.3 Å². The molecular weight excluding hydrogens is 407 g/mol. The predicted molar refractivity (Wildman–Crippen MR) is 119 cm³/mol. The topological polar surface area (TPSA) is 49.9 Å². The summed E-state index contributed by atoms with van der Waals surface area (Å²) in [6.45, 7) is 3.95. The van der Waals surface area contributed by atoms with Gasteiger partial charge in [0.2, 0.25) is 5.91 Å². The highest BCUT2D eigenvalue weighted by Crippen LogP contribution is 2.52. The van der Waals surface area contributed by atoms with Crippen molar-refractivity contribution in [2.24, 2.45) is 0 Å². The Kier molecular flexibility index (Phi) is 5.72. The van der Waals surface area contributed by atoms with Crippen molar-refractivity contribution in [1.29, 1.82) is 0 Å². The number of nitrogens with zero attached hydrogens (tertiary/aromatic N) is 2. The van der Waals surface area contributed by atoms with E-state index in [1.807, 2.05) is 9.80 Å². The summed E-state index contributed by atoms with van der Waals surface area (Å²) in [5, 5.41) is 0. The van der Waals surface area contributed by atoms with E-state index in [4.69, 9.17) is 4.74 Å². The second kappa shape index (κ2) is 8.66. The Morgan fingerprint density at radius 2 is 1.62 bits per heavy atom. The Bertz CT molecular complexity index is 992. The van der Waals surface area contributed by atoms with Gasteiger partial charge in [-0.3, -0.25) is 9.59 Å². The van der Waals surface area contributed by atoms with Crippen molar-refractivity contribution in [3.63, 3.8) is 0 Å². The minimum atomic E-state index is -0.334. The summed E-state index contributed by atoms with van der Waals surface area (Å²) in [5.74, 6) is 0.0690. The molecule has 2 saturated heterocycles. The van der Waals surface area contributed by atoms with Crippen LogP contribution in [0.15, 0.2) is 48.5 Å². The minimum Gasteiger partial charge on any atom is -0.378 e. The molecule has 2 fully saturated rings. The maximum atomic E-state index is 13.2. The number of amides is 2. The third-order valence-electron chi connectivity index (χ3n) is 7.49. The summed E-state index contributed by atoms with van der Waals surface area (Å²) in [6, 6.07) is 14.3. The number of carbonyl (C=O) groups excluding carboxylic acids is 2. The zero-order chi connectivity index (χ0) is 22.1. The van der Waals surface area contributed by atoms with Crippen molar-refractivity contribution in [2.45, 2.75) is 37.0 Å². The number of rotatable bonds is 3. The van der Waals surface area contributed by atoms with Gasteiger partial charge in [0.15, 0.2) is 0 Å². The molecule has 2 aromatic carbocycles. The van der Waals surface area contributed by atoms with Crippen LogP contribution in [0.4, 0.5) is 4.39 Å². The Balaban J connectivity index is 1.29. The zero-order valence-electron chi connectivity index (χ0n) is 18.3. The zero-order valence-corrected chi connectivity index (χ0v) is 18.3. The smallest absolute Gasteiger partial charge is 0.253 e. The Labute approximate surface area is 188 Å². The fourth-order valence-corrected chi connectivity index (χ4v) is 5.75. The molecule has 2 aliphatic heterocycles. The summed E-state index contributed by atoms with van der Waals surface area (Å²) in [5.41, 5.74) is 3.20. The summed E-state index contributed by atoms with van der Waals surface area (Å²) in [7, 11) is 0. The van der Waals surface area contributed by atoms with E-state index in [9.17, 15) is 14.0 Å². The first kappa shape index (κ1) is 21.1. The molecule has 6 heteroatoms. The quantitative estimate of drug-likeness (QED) is 0.737. The highest BCUT2D eigenvalue weighted by atomic mass is 19.1. The van der Waals surface area contributed by atoms with Gasteiger partial charge in [0, 0.05) is 38.2 Å². The predicted octanol–water partition coefficient (Wildman–Crippen LogP) is 3.74. The number of hydrogen-bond acceptors (Lipinski definition) is 3.